The van der Waals surface area contributed by atoms with Gasteiger partial charge in [0.2, 0.25) is 0 Å². The number of pyridine rings is 1. The molecule has 0 aliphatic rings. The topological polar surface area (TPSA) is 85.1 Å². The van der Waals surface area contributed by atoms with Gasteiger partial charge in [-0.05, 0) is 52.7 Å². The van der Waals surface area contributed by atoms with Crippen LogP contribution in [0.15, 0.2) is 45.9 Å². The van der Waals surface area contributed by atoms with Gasteiger partial charge in [0.05, 0.1) is 9.37 Å². The highest BCUT2D eigenvalue weighted by molar-refractivity contribution is 9.10. The van der Waals surface area contributed by atoms with E-state index in [2.05, 4.69) is 25.6 Å². The van der Waals surface area contributed by atoms with Gasteiger partial charge in [-0.15, -0.1) is 0 Å². The molecule has 0 radical (unpaired) electrons. The average Bonchev–Trinajstić information content (AvgIpc) is 2.35. The average molecular weight is 342 g/mol. The fraction of sp³-hybridized carbons (Fsp3) is 0.0833. The van der Waals surface area contributed by atoms with Crippen molar-refractivity contribution in [1.82, 2.24) is 4.98 Å². The molecule has 5 nitrogen and oxygen atoms in total. The quantitative estimate of drug-likeness (QED) is 0.840. The Bertz CT molecular complexity index is 717. The molecular weight excluding hydrogens is 330 g/mol. The smallest absolute Gasteiger partial charge is 0.263 e. The summed E-state index contributed by atoms with van der Waals surface area (Å²) in [6.45, 7) is 1.71. The lowest BCUT2D eigenvalue weighted by Crippen LogP contribution is -2.15. The number of nitrogen functional groups attached to an aromatic ring is 1. The van der Waals surface area contributed by atoms with Gasteiger partial charge in [-0.3, -0.25) is 4.72 Å². The first-order valence-corrected chi connectivity index (χ1v) is 7.67. The number of hydrogen-bond donors (Lipinski definition) is 2. The van der Waals surface area contributed by atoms with Gasteiger partial charge in [-0.1, -0.05) is 6.07 Å². The maximum atomic E-state index is 12.3. The minimum atomic E-state index is -3.71. The molecule has 2 aromatic rings. The van der Waals surface area contributed by atoms with Crippen LogP contribution in [0.2, 0.25) is 0 Å². The molecule has 0 aliphatic carbocycles. The molecule has 100 valence electrons. The van der Waals surface area contributed by atoms with Crippen molar-refractivity contribution in [2.75, 3.05) is 10.5 Å². The molecule has 3 N–H and O–H groups in total. The molecule has 2 rings (SSSR count). The molecule has 0 amide bonds. The summed E-state index contributed by atoms with van der Waals surface area (Å²) in [7, 11) is -3.71. The number of hydrogen-bond acceptors (Lipinski definition) is 4. The van der Waals surface area contributed by atoms with Crippen molar-refractivity contribution < 1.29 is 8.42 Å². The van der Waals surface area contributed by atoms with Crippen LogP contribution in [0, 0.1) is 6.92 Å². The van der Waals surface area contributed by atoms with Gasteiger partial charge in [0, 0.05) is 11.9 Å². The van der Waals surface area contributed by atoms with Crippen molar-refractivity contribution in [2.45, 2.75) is 11.8 Å². The molecule has 0 atom stereocenters. The highest BCUT2D eigenvalue weighted by Gasteiger charge is 2.18. The number of rotatable bonds is 3. The van der Waals surface area contributed by atoms with Crippen molar-refractivity contribution >= 4 is 37.5 Å². The van der Waals surface area contributed by atoms with E-state index in [-0.39, 0.29) is 10.7 Å². The van der Waals surface area contributed by atoms with Crippen LogP contribution in [0.25, 0.3) is 0 Å². The Morgan fingerprint density at radius 3 is 2.74 bits per heavy atom. The maximum Gasteiger partial charge on any atom is 0.263 e. The Labute approximate surface area is 120 Å². The van der Waals surface area contributed by atoms with Gasteiger partial charge in [0.25, 0.3) is 10.0 Å². The lowest BCUT2D eigenvalue weighted by atomic mass is 10.2. The van der Waals surface area contributed by atoms with E-state index in [1.807, 2.05) is 0 Å². The zero-order valence-electron chi connectivity index (χ0n) is 10.1. The van der Waals surface area contributed by atoms with Gasteiger partial charge in [-0.2, -0.15) is 0 Å². The van der Waals surface area contributed by atoms with Crippen molar-refractivity contribution in [1.29, 1.82) is 0 Å². The van der Waals surface area contributed by atoms with Crippen LogP contribution >= 0.6 is 15.9 Å². The molecule has 7 heteroatoms. The molecule has 1 aromatic carbocycles. The Hall–Kier alpha value is -1.60. The zero-order valence-corrected chi connectivity index (χ0v) is 12.5. The lowest BCUT2D eigenvalue weighted by molar-refractivity contribution is 0.600. The fourth-order valence-corrected chi connectivity index (χ4v) is 3.34. The Morgan fingerprint density at radius 2 is 2.05 bits per heavy atom. The molecule has 0 saturated heterocycles. The summed E-state index contributed by atoms with van der Waals surface area (Å²) in [5, 5.41) is 0. The largest absolute Gasteiger partial charge is 0.399 e. The van der Waals surface area contributed by atoms with Gasteiger partial charge in [-0.25, -0.2) is 13.4 Å². The number of nitrogens with zero attached hydrogens (tertiary/aromatic N) is 1. The van der Waals surface area contributed by atoms with Gasteiger partial charge < -0.3 is 5.73 Å². The van der Waals surface area contributed by atoms with Crippen molar-refractivity contribution in [2.24, 2.45) is 0 Å². The molecule has 0 bridgehead atoms. The normalized spacial score (nSPS) is 11.3. The van der Waals surface area contributed by atoms with E-state index in [9.17, 15) is 8.42 Å². The third-order valence-electron chi connectivity index (χ3n) is 2.49. The summed E-state index contributed by atoms with van der Waals surface area (Å²) in [5.74, 6) is 0.240. The van der Waals surface area contributed by atoms with Crippen LogP contribution in [-0.2, 0) is 10.0 Å². The number of sulfonamides is 1. The van der Waals surface area contributed by atoms with Crippen molar-refractivity contribution in [3.05, 3.63) is 46.6 Å². The van der Waals surface area contributed by atoms with E-state index in [0.29, 0.717) is 15.7 Å². The van der Waals surface area contributed by atoms with E-state index in [0.717, 1.165) is 0 Å². The summed E-state index contributed by atoms with van der Waals surface area (Å²) >= 11 is 3.24. The highest BCUT2D eigenvalue weighted by Crippen LogP contribution is 2.24. The highest BCUT2D eigenvalue weighted by atomic mass is 79.9. The van der Waals surface area contributed by atoms with E-state index in [1.165, 1.54) is 12.3 Å². The second-order valence-electron chi connectivity index (χ2n) is 3.96. The van der Waals surface area contributed by atoms with Crippen LogP contribution in [-0.4, -0.2) is 13.4 Å². The Kier molecular flexibility index (Phi) is 3.77. The monoisotopic (exact) mass is 341 g/mol. The zero-order chi connectivity index (χ0) is 14.0. The first-order valence-electron chi connectivity index (χ1n) is 5.39. The molecule has 1 aromatic heterocycles. The molecule has 0 aliphatic heterocycles. The van der Waals surface area contributed by atoms with E-state index in [1.54, 1.807) is 31.2 Å². The lowest BCUT2D eigenvalue weighted by Gasteiger charge is -2.11. The fourth-order valence-electron chi connectivity index (χ4n) is 1.55. The van der Waals surface area contributed by atoms with Gasteiger partial charge in [0.1, 0.15) is 0 Å². The van der Waals surface area contributed by atoms with Crippen LogP contribution in [0.5, 0.6) is 0 Å². The number of benzene rings is 1. The minimum absolute atomic E-state index is 0.144. The van der Waals surface area contributed by atoms with Gasteiger partial charge in [0.15, 0.2) is 5.82 Å². The summed E-state index contributed by atoms with van der Waals surface area (Å²) in [4.78, 5) is 4.12. The molecule has 19 heavy (non-hydrogen) atoms. The number of anilines is 2. The van der Waals surface area contributed by atoms with E-state index in [4.69, 9.17) is 5.73 Å². The first-order chi connectivity index (χ1) is 8.90. The Morgan fingerprint density at radius 1 is 1.32 bits per heavy atom. The van der Waals surface area contributed by atoms with Crippen LogP contribution in [0.1, 0.15) is 5.56 Å². The number of halogens is 1. The molecule has 1 heterocycles. The van der Waals surface area contributed by atoms with E-state index < -0.39 is 10.0 Å². The molecule has 0 spiro atoms. The molecular formula is C12H12BrN3O2S. The summed E-state index contributed by atoms with van der Waals surface area (Å²) in [6, 6.07) is 8.15. The summed E-state index contributed by atoms with van der Waals surface area (Å²) < 4.78 is 27.6. The number of aromatic nitrogens is 1. The van der Waals surface area contributed by atoms with Crippen molar-refractivity contribution in [3.63, 3.8) is 0 Å². The predicted octanol–water partition coefficient (Wildman–Crippen LogP) is 2.54. The molecule has 0 fully saturated rings. The third kappa shape index (κ3) is 3.05. The Balaban J connectivity index is 2.44. The van der Waals surface area contributed by atoms with Crippen LogP contribution in [0.3, 0.4) is 0 Å². The second kappa shape index (κ2) is 5.18. The number of nitrogens with two attached hydrogens (primary N) is 1. The molecule has 0 unspecified atom stereocenters. The minimum Gasteiger partial charge on any atom is -0.399 e. The van der Waals surface area contributed by atoms with Crippen LogP contribution in [0.4, 0.5) is 11.5 Å². The van der Waals surface area contributed by atoms with Gasteiger partial charge >= 0.3 is 0 Å². The summed E-state index contributed by atoms with van der Waals surface area (Å²) in [6.07, 6.45) is 1.51. The number of nitrogens with one attached hydrogen (secondary N) is 1. The summed E-state index contributed by atoms with van der Waals surface area (Å²) in [5.41, 5.74) is 6.64. The third-order valence-corrected chi connectivity index (χ3v) is 4.61. The first kappa shape index (κ1) is 13.8. The number of aryl methyl sites for hydroxylation is 1. The SMILES string of the molecule is Cc1ccc(N)cc1S(=O)(=O)Nc1ncccc1Br. The predicted molar refractivity (Wildman–Crippen MR) is 78.3 cm³/mol. The second-order valence-corrected chi connectivity index (χ2v) is 6.47. The van der Waals surface area contributed by atoms with Crippen molar-refractivity contribution in [3.8, 4) is 0 Å². The standard InChI is InChI=1S/C12H12BrN3O2S/c1-8-4-5-9(14)7-11(8)19(17,18)16-12-10(13)3-2-6-15-12/h2-7H,14H2,1H3,(H,15,16). The molecule has 0 saturated carbocycles. The van der Waals surface area contributed by atoms with Crippen LogP contribution < -0.4 is 10.5 Å². The van der Waals surface area contributed by atoms with E-state index >= 15 is 0 Å². The maximum absolute atomic E-state index is 12.3.